The molecule has 1 amide bonds. The number of ether oxygens (including phenoxy) is 1. The fraction of sp³-hybridized carbons (Fsp3) is 0.500. The summed E-state index contributed by atoms with van der Waals surface area (Å²) in [7, 11) is 3.61. The molecule has 36 heavy (non-hydrogen) atoms. The number of rotatable bonds is 6. The van der Waals surface area contributed by atoms with Gasteiger partial charge in [-0.3, -0.25) is 4.79 Å². The number of fused-ring (bicyclic) bond motifs is 2. The van der Waals surface area contributed by atoms with Crippen molar-refractivity contribution in [2.75, 3.05) is 44.5 Å². The number of aromatic nitrogens is 2. The van der Waals surface area contributed by atoms with Crippen molar-refractivity contribution in [2.24, 2.45) is 5.92 Å². The van der Waals surface area contributed by atoms with Gasteiger partial charge in [-0.25, -0.2) is 14.4 Å². The van der Waals surface area contributed by atoms with Gasteiger partial charge >= 0.3 is 0 Å². The molecule has 1 aliphatic heterocycles. The van der Waals surface area contributed by atoms with Gasteiger partial charge in [0.2, 0.25) is 0 Å². The fourth-order valence-corrected chi connectivity index (χ4v) is 6.73. The van der Waals surface area contributed by atoms with Gasteiger partial charge in [-0.05, 0) is 63.4 Å². The lowest BCUT2D eigenvalue weighted by molar-refractivity contribution is 0.0938. The van der Waals surface area contributed by atoms with Gasteiger partial charge in [0.25, 0.3) is 5.91 Å². The van der Waals surface area contributed by atoms with Crippen molar-refractivity contribution in [3.8, 4) is 0 Å². The molecule has 8 nitrogen and oxygen atoms in total. The van der Waals surface area contributed by atoms with E-state index in [-0.39, 0.29) is 29.7 Å². The summed E-state index contributed by atoms with van der Waals surface area (Å²) in [6, 6.07) is 3.69. The van der Waals surface area contributed by atoms with Gasteiger partial charge in [0.1, 0.15) is 9.71 Å². The van der Waals surface area contributed by atoms with E-state index in [1.165, 1.54) is 11.3 Å². The Morgan fingerprint density at radius 1 is 1.31 bits per heavy atom. The van der Waals surface area contributed by atoms with Crippen molar-refractivity contribution >= 4 is 39.0 Å². The van der Waals surface area contributed by atoms with E-state index in [1.807, 2.05) is 31.9 Å². The maximum absolute atomic E-state index is 15.2. The molecule has 1 aliphatic carbocycles. The number of carbonyl (C=O) groups excluding carboxylic acids is 1. The molecule has 4 N–H and O–H groups in total. The van der Waals surface area contributed by atoms with Crippen molar-refractivity contribution in [1.29, 1.82) is 0 Å². The smallest absolute Gasteiger partial charge is 0.263 e. The minimum absolute atomic E-state index is 0.107. The molecule has 0 spiro atoms. The number of thiophene rings is 1. The number of anilines is 2. The number of hydrogen-bond acceptors (Lipinski definition) is 8. The first-order valence-electron chi connectivity index (χ1n) is 12.4. The summed E-state index contributed by atoms with van der Waals surface area (Å²) in [6.07, 6.45) is 1.96. The third-order valence-electron chi connectivity index (χ3n) is 7.38. The summed E-state index contributed by atoms with van der Waals surface area (Å²) >= 11 is 1.32. The number of carbonyl (C=O) groups is 1. The van der Waals surface area contributed by atoms with Gasteiger partial charge in [0.15, 0.2) is 11.6 Å². The standard InChI is InChI=1S/C26H33FN6O2S/c1-13-7-14(2)30-26-21(13)22(28)23(36-26)25(34)31-17-5-6-19-15(8-17)9-18(27)24(32-19)33-10-16(12-35-4)20(11-33)29-3/h7,9,16-17,20,29H,5-6,8,10-12,28H2,1-4H3,(H,31,34). The number of pyridine rings is 2. The van der Waals surface area contributed by atoms with Gasteiger partial charge in [-0.1, -0.05) is 0 Å². The molecular formula is C26H33FN6O2S. The van der Waals surface area contributed by atoms with Gasteiger partial charge in [-0.2, -0.15) is 0 Å². The number of hydrogen-bond donors (Lipinski definition) is 3. The Morgan fingerprint density at radius 3 is 2.86 bits per heavy atom. The highest BCUT2D eigenvalue weighted by Crippen LogP contribution is 2.35. The van der Waals surface area contributed by atoms with E-state index < -0.39 is 0 Å². The highest BCUT2D eigenvalue weighted by molar-refractivity contribution is 7.21. The van der Waals surface area contributed by atoms with Crippen LogP contribution >= 0.6 is 11.3 Å². The minimum atomic E-state index is -0.320. The number of likely N-dealkylation sites (N-methyl/N-ethyl adjacent to an activating group) is 1. The van der Waals surface area contributed by atoms with Crippen LogP contribution in [0.25, 0.3) is 10.2 Å². The molecule has 4 heterocycles. The largest absolute Gasteiger partial charge is 0.397 e. The Bertz CT molecular complexity index is 1310. The molecule has 0 saturated carbocycles. The second kappa shape index (κ2) is 9.91. The van der Waals surface area contributed by atoms with Crippen molar-refractivity contribution in [2.45, 2.75) is 45.2 Å². The normalized spacial score (nSPS) is 21.7. The Hall–Kier alpha value is -2.82. The highest BCUT2D eigenvalue weighted by Gasteiger charge is 2.34. The molecule has 2 aliphatic rings. The summed E-state index contributed by atoms with van der Waals surface area (Å²) in [4.78, 5) is 25.7. The average molecular weight is 513 g/mol. The minimum Gasteiger partial charge on any atom is -0.397 e. The Kier molecular flexibility index (Phi) is 6.84. The molecular weight excluding hydrogens is 479 g/mol. The van der Waals surface area contributed by atoms with Crippen molar-refractivity contribution in [3.05, 3.63) is 45.3 Å². The molecule has 0 radical (unpaired) electrons. The number of nitrogens with two attached hydrogens (primary N) is 1. The van der Waals surface area contributed by atoms with E-state index in [4.69, 9.17) is 15.5 Å². The molecule has 1 fully saturated rings. The highest BCUT2D eigenvalue weighted by atomic mass is 32.1. The predicted octanol–water partition coefficient (Wildman–Crippen LogP) is 2.99. The van der Waals surface area contributed by atoms with E-state index in [0.717, 1.165) is 39.2 Å². The first-order chi connectivity index (χ1) is 17.3. The van der Waals surface area contributed by atoms with Crippen LogP contribution in [-0.4, -0.2) is 61.8 Å². The van der Waals surface area contributed by atoms with Gasteiger partial charge < -0.3 is 26.0 Å². The number of nitrogens with one attached hydrogen (secondary N) is 2. The third kappa shape index (κ3) is 4.53. The van der Waals surface area contributed by atoms with Crippen LogP contribution in [0.3, 0.4) is 0 Å². The van der Waals surface area contributed by atoms with Crippen LogP contribution in [0.4, 0.5) is 15.9 Å². The molecule has 1 saturated heterocycles. The monoisotopic (exact) mass is 512 g/mol. The average Bonchev–Trinajstić information content (AvgIpc) is 3.39. The lowest BCUT2D eigenvalue weighted by atomic mass is 9.91. The summed E-state index contributed by atoms with van der Waals surface area (Å²) in [5.41, 5.74) is 10.5. The number of amides is 1. The number of halogens is 1. The van der Waals surface area contributed by atoms with E-state index in [9.17, 15) is 4.79 Å². The fourth-order valence-electron chi connectivity index (χ4n) is 5.61. The second-order valence-corrected chi connectivity index (χ2v) is 10.9. The van der Waals surface area contributed by atoms with Crippen LogP contribution in [0.15, 0.2) is 12.1 Å². The molecule has 0 bridgehead atoms. The summed E-state index contributed by atoms with van der Waals surface area (Å²) in [6.45, 7) is 5.92. The SMILES string of the molecule is CNC1CN(c2nc3c(cc2F)CC(NC(=O)c2sc4nc(C)cc(C)c4c2N)CC3)CC1COC. The zero-order valence-electron chi connectivity index (χ0n) is 21.2. The molecule has 3 aromatic rings. The van der Waals surface area contributed by atoms with Crippen LogP contribution in [0.5, 0.6) is 0 Å². The first kappa shape index (κ1) is 24.9. The lowest BCUT2D eigenvalue weighted by Gasteiger charge is -2.27. The number of aryl methyl sites for hydroxylation is 3. The van der Waals surface area contributed by atoms with E-state index in [0.29, 0.717) is 48.9 Å². The van der Waals surface area contributed by atoms with Crippen LogP contribution in [0.1, 0.15) is 38.6 Å². The molecule has 3 unspecified atom stereocenters. The van der Waals surface area contributed by atoms with Crippen LogP contribution < -0.4 is 21.3 Å². The Labute approximate surface area is 214 Å². The van der Waals surface area contributed by atoms with E-state index >= 15 is 4.39 Å². The summed E-state index contributed by atoms with van der Waals surface area (Å²) in [5.74, 6) is 0.164. The van der Waals surface area contributed by atoms with Crippen LogP contribution in [-0.2, 0) is 17.6 Å². The number of nitrogen functional groups attached to an aromatic ring is 1. The number of methoxy groups -OCH3 is 1. The zero-order valence-corrected chi connectivity index (χ0v) is 22.0. The summed E-state index contributed by atoms with van der Waals surface area (Å²) < 4.78 is 20.6. The quantitative estimate of drug-likeness (QED) is 0.466. The van der Waals surface area contributed by atoms with Gasteiger partial charge in [0, 0.05) is 55.0 Å². The van der Waals surface area contributed by atoms with Crippen LogP contribution in [0.2, 0.25) is 0 Å². The van der Waals surface area contributed by atoms with Crippen LogP contribution in [0, 0.1) is 25.6 Å². The lowest BCUT2D eigenvalue weighted by Crippen LogP contribution is -2.39. The second-order valence-electron chi connectivity index (χ2n) is 9.93. The van der Waals surface area contributed by atoms with Crippen molar-refractivity contribution in [1.82, 2.24) is 20.6 Å². The van der Waals surface area contributed by atoms with Crippen molar-refractivity contribution in [3.63, 3.8) is 0 Å². The first-order valence-corrected chi connectivity index (χ1v) is 13.2. The topological polar surface area (TPSA) is 105 Å². The molecule has 5 rings (SSSR count). The van der Waals surface area contributed by atoms with E-state index in [1.54, 1.807) is 13.2 Å². The van der Waals surface area contributed by atoms with E-state index in [2.05, 4.69) is 15.6 Å². The molecule has 10 heteroatoms. The molecule has 3 atom stereocenters. The summed E-state index contributed by atoms with van der Waals surface area (Å²) in [5, 5.41) is 7.27. The molecule has 0 aromatic carbocycles. The number of nitrogens with zero attached hydrogens (tertiary/aromatic N) is 3. The third-order valence-corrected chi connectivity index (χ3v) is 8.48. The molecule has 3 aromatic heterocycles. The predicted molar refractivity (Wildman–Crippen MR) is 141 cm³/mol. The maximum Gasteiger partial charge on any atom is 0.263 e. The zero-order chi connectivity index (χ0) is 25.6. The Balaban J connectivity index is 1.31. The maximum atomic E-state index is 15.2. The van der Waals surface area contributed by atoms with Gasteiger partial charge in [-0.15, -0.1) is 11.3 Å². The Morgan fingerprint density at radius 2 is 2.11 bits per heavy atom. The van der Waals surface area contributed by atoms with Gasteiger partial charge in [0.05, 0.1) is 12.3 Å². The molecule has 192 valence electrons. The van der Waals surface area contributed by atoms with Crippen molar-refractivity contribution < 1.29 is 13.9 Å².